The van der Waals surface area contributed by atoms with Crippen LogP contribution in [0.1, 0.15) is 12.0 Å². The van der Waals surface area contributed by atoms with Gasteiger partial charge in [0.2, 0.25) is 0 Å². The molecule has 112 valence electrons. The van der Waals surface area contributed by atoms with Gasteiger partial charge < -0.3 is 9.15 Å². The molecule has 22 heavy (non-hydrogen) atoms. The Hall–Kier alpha value is -2.82. The van der Waals surface area contributed by atoms with Gasteiger partial charge in [-0.3, -0.25) is 9.36 Å². The van der Waals surface area contributed by atoms with Crippen LogP contribution in [-0.4, -0.2) is 10.5 Å². The summed E-state index contributed by atoms with van der Waals surface area (Å²) in [4.78, 5) is 23.6. The van der Waals surface area contributed by atoms with Crippen molar-refractivity contribution in [3.05, 3.63) is 70.7 Å². The third kappa shape index (κ3) is 3.09. The van der Waals surface area contributed by atoms with Crippen LogP contribution in [-0.2, 0) is 22.7 Å². The molecule has 0 aliphatic carbocycles. The predicted molar refractivity (Wildman–Crippen MR) is 81.3 cm³/mol. The van der Waals surface area contributed by atoms with E-state index < -0.39 is 5.76 Å². The van der Waals surface area contributed by atoms with Crippen molar-refractivity contribution in [1.82, 2.24) is 4.57 Å². The number of rotatable bonds is 5. The summed E-state index contributed by atoms with van der Waals surface area (Å²) < 4.78 is 11.8. The molecule has 2 aromatic carbocycles. The molecule has 0 radical (unpaired) electrons. The molecule has 0 atom stereocenters. The molecule has 5 heteroatoms. The number of aromatic nitrogens is 1. The first-order valence-corrected chi connectivity index (χ1v) is 7.02. The van der Waals surface area contributed by atoms with Gasteiger partial charge in [-0.25, -0.2) is 4.79 Å². The maximum Gasteiger partial charge on any atom is 0.419 e. The van der Waals surface area contributed by atoms with Gasteiger partial charge in [-0.15, -0.1) is 0 Å². The van der Waals surface area contributed by atoms with Crippen LogP contribution in [0.3, 0.4) is 0 Å². The molecule has 5 nitrogen and oxygen atoms in total. The van der Waals surface area contributed by atoms with E-state index in [-0.39, 0.29) is 25.5 Å². The summed E-state index contributed by atoms with van der Waals surface area (Å²) in [5.41, 5.74) is 2.13. The van der Waals surface area contributed by atoms with Crippen LogP contribution in [0.5, 0.6) is 0 Å². The average Bonchev–Trinajstić information content (AvgIpc) is 2.87. The first-order valence-electron chi connectivity index (χ1n) is 7.02. The average molecular weight is 297 g/mol. The number of para-hydroxylation sites is 2. The van der Waals surface area contributed by atoms with Gasteiger partial charge in [0.25, 0.3) is 0 Å². The SMILES string of the molecule is O=C(CCn1c(=O)oc2ccccc21)OCc1ccccc1. The van der Waals surface area contributed by atoms with E-state index in [9.17, 15) is 9.59 Å². The third-order valence-electron chi connectivity index (χ3n) is 3.36. The van der Waals surface area contributed by atoms with Gasteiger partial charge in [0.15, 0.2) is 5.58 Å². The highest BCUT2D eigenvalue weighted by Crippen LogP contribution is 2.12. The Morgan fingerprint density at radius 1 is 1.05 bits per heavy atom. The molecule has 0 spiro atoms. The van der Waals surface area contributed by atoms with E-state index in [1.807, 2.05) is 36.4 Å². The summed E-state index contributed by atoms with van der Waals surface area (Å²) in [6.45, 7) is 0.476. The first-order chi connectivity index (χ1) is 10.7. The minimum atomic E-state index is -0.461. The summed E-state index contributed by atoms with van der Waals surface area (Å²) in [7, 11) is 0. The molecule has 0 bridgehead atoms. The minimum absolute atomic E-state index is 0.121. The lowest BCUT2D eigenvalue weighted by atomic mass is 10.2. The quantitative estimate of drug-likeness (QED) is 0.679. The zero-order chi connectivity index (χ0) is 15.4. The maximum absolute atomic E-state index is 11.8. The Morgan fingerprint density at radius 3 is 2.59 bits per heavy atom. The van der Waals surface area contributed by atoms with Crippen molar-refractivity contribution < 1.29 is 13.9 Å². The van der Waals surface area contributed by atoms with Gasteiger partial charge in [0.1, 0.15) is 6.61 Å². The number of esters is 1. The fraction of sp³-hybridized carbons (Fsp3) is 0.176. The van der Waals surface area contributed by atoms with Crippen LogP contribution >= 0.6 is 0 Å². The highest BCUT2D eigenvalue weighted by molar-refractivity contribution is 5.73. The lowest BCUT2D eigenvalue weighted by Crippen LogP contribution is -2.17. The summed E-state index contributed by atoms with van der Waals surface area (Å²) in [5.74, 6) is -0.807. The number of hydrogen-bond acceptors (Lipinski definition) is 4. The number of carbonyl (C=O) groups is 1. The second kappa shape index (κ2) is 6.30. The van der Waals surface area contributed by atoms with Crippen molar-refractivity contribution in [3.63, 3.8) is 0 Å². The lowest BCUT2D eigenvalue weighted by molar-refractivity contribution is -0.145. The van der Waals surface area contributed by atoms with Gasteiger partial charge in [0, 0.05) is 6.54 Å². The monoisotopic (exact) mass is 297 g/mol. The molecule has 0 N–H and O–H groups in total. The molecule has 3 rings (SSSR count). The van der Waals surface area contributed by atoms with E-state index in [0.717, 1.165) is 5.56 Å². The summed E-state index contributed by atoms with van der Waals surface area (Å²) in [6.07, 6.45) is 0.121. The molecule has 0 amide bonds. The predicted octanol–water partition coefficient (Wildman–Crippen LogP) is 2.73. The molecule has 0 saturated carbocycles. The Balaban J connectivity index is 1.61. The van der Waals surface area contributed by atoms with Gasteiger partial charge in [-0.1, -0.05) is 42.5 Å². The number of ether oxygens (including phenoxy) is 1. The van der Waals surface area contributed by atoms with E-state index in [1.54, 1.807) is 18.2 Å². The second-order valence-electron chi connectivity index (χ2n) is 4.88. The van der Waals surface area contributed by atoms with Crippen molar-refractivity contribution in [3.8, 4) is 0 Å². The first kappa shape index (κ1) is 14.1. The van der Waals surface area contributed by atoms with Crippen LogP contribution < -0.4 is 5.76 Å². The number of carbonyl (C=O) groups excluding carboxylic acids is 1. The summed E-state index contributed by atoms with van der Waals surface area (Å²) >= 11 is 0. The number of benzene rings is 2. The zero-order valence-corrected chi connectivity index (χ0v) is 11.9. The number of hydrogen-bond donors (Lipinski definition) is 0. The van der Waals surface area contributed by atoms with Crippen molar-refractivity contribution in [2.45, 2.75) is 19.6 Å². The maximum atomic E-state index is 11.8. The summed E-state index contributed by atoms with van der Waals surface area (Å²) in [6, 6.07) is 16.6. The van der Waals surface area contributed by atoms with Crippen LogP contribution in [0.25, 0.3) is 11.1 Å². The Morgan fingerprint density at radius 2 is 1.77 bits per heavy atom. The van der Waals surface area contributed by atoms with Gasteiger partial charge >= 0.3 is 11.7 Å². The van der Waals surface area contributed by atoms with E-state index in [0.29, 0.717) is 11.1 Å². The molecule has 0 aliphatic rings. The molecular formula is C17H15NO4. The zero-order valence-electron chi connectivity index (χ0n) is 11.9. The van der Waals surface area contributed by atoms with Crippen molar-refractivity contribution in [2.24, 2.45) is 0 Å². The van der Waals surface area contributed by atoms with Crippen LogP contribution in [0.2, 0.25) is 0 Å². The molecule has 1 heterocycles. The standard InChI is InChI=1S/C17H15NO4/c19-16(21-12-13-6-2-1-3-7-13)10-11-18-14-8-4-5-9-15(14)22-17(18)20/h1-9H,10-12H2. The molecule has 1 aromatic heterocycles. The Kier molecular flexibility index (Phi) is 4.05. The fourth-order valence-electron chi connectivity index (χ4n) is 2.24. The van der Waals surface area contributed by atoms with Crippen molar-refractivity contribution in [1.29, 1.82) is 0 Å². The number of nitrogens with zero attached hydrogens (tertiary/aromatic N) is 1. The smallest absolute Gasteiger partial charge is 0.419 e. The molecule has 0 fully saturated rings. The third-order valence-corrected chi connectivity index (χ3v) is 3.36. The van der Waals surface area contributed by atoms with Crippen molar-refractivity contribution >= 4 is 17.1 Å². The van der Waals surface area contributed by atoms with E-state index in [2.05, 4.69) is 0 Å². The lowest BCUT2D eigenvalue weighted by Gasteiger charge is -2.05. The Bertz CT molecular complexity index is 832. The molecular weight excluding hydrogens is 282 g/mol. The normalized spacial score (nSPS) is 10.7. The fourth-order valence-corrected chi connectivity index (χ4v) is 2.24. The van der Waals surface area contributed by atoms with E-state index in [1.165, 1.54) is 4.57 Å². The summed E-state index contributed by atoms with van der Waals surface area (Å²) in [5, 5.41) is 0. The molecule has 0 unspecified atom stereocenters. The van der Waals surface area contributed by atoms with E-state index >= 15 is 0 Å². The van der Waals surface area contributed by atoms with Crippen LogP contribution in [0.15, 0.2) is 63.8 Å². The van der Waals surface area contributed by atoms with Gasteiger partial charge in [0.05, 0.1) is 11.9 Å². The number of fused-ring (bicyclic) bond motifs is 1. The van der Waals surface area contributed by atoms with Crippen LogP contribution in [0.4, 0.5) is 0 Å². The highest BCUT2D eigenvalue weighted by atomic mass is 16.5. The van der Waals surface area contributed by atoms with Crippen LogP contribution in [0, 0.1) is 0 Å². The Labute approximate surface area is 126 Å². The molecule has 0 saturated heterocycles. The van der Waals surface area contributed by atoms with Gasteiger partial charge in [-0.2, -0.15) is 0 Å². The van der Waals surface area contributed by atoms with Gasteiger partial charge in [-0.05, 0) is 17.7 Å². The van der Waals surface area contributed by atoms with E-state index in [4.69, 9.17) is 9.15 Å². The second-order valence-corrected chi connectivity index (χ2v) is 4.88. The molecule has 0 aliphatic heterocycles. The number of aryl methyl sites for hydroxylation is 1. The molecule has 3 aromatic rings. The largest absolute Gasteiger partial charge is 0.461 e. The van der Waals surface area contributed by atoms with Crippen molar-refractivity contribution in [2.75, 3.05) is 0 Å². The number of oxazole rings is 1. The highest BCUT2D eigenvalue weighted by Gasteiger charge is 2.11. The minimum Gasteiger partial charge on any atom is -0.461 e. The topological polar surface area (TPSA) is 61.4 Å².